The molecule has 0 aromatic heterocycles. The zero-order valence-corrected chi connectivity index (χ0v) is 10.8. The smallest absolute Gasteiger partial charge is 0.153 e. The van der Waals surface area contributed by atoms with Gasteiger partial charge in [-0.2, -0.15) is 0 Å². The fourth-order valence-corrected chi connectivity index (χ4v) is 2.15. The number of hydrogen-bond donors (Lipinski definition) is 1. The maximum atomic E-state index is 6.01. The Balaban J connectivity index is 2.01. The maximum absolute atomic E-state index is 6.01. The van der Waals surface area contributed by atoms with Crippen LogP contribution < -0.4 is 10.1 Å². The highest BCUT2D eigenvalue weighted by Crippen LogP contribution is 2.43. The van der Waals surface area contributed by atoms with Crippen molar-refractivity contribution in [2.45, 2.75) is 6.92 Å². The number of anilines is 2. The van der Waals surface area contributed by atoms with Gasteiger partial charge in [0, 0.05) is 0 Å². The van der Waals surface area contributed by atoms with Crippen LogP contribution in [0.2, 0.25) is 0 Å². The van der Waals surface area contributed by atoms with Gasteiger partial charge in [-0.1, -0.05) is 43.0 Å². The standard InChI is InChI=1S/C17H15NO/c1-3-4-7-13-9-10-14-16(11-13)19-17-12(2)6-5-8-15(17)18-14/h3-11,18H,1H2,2H3/b7-4-. The zero-order chi connectivity index (χ0) is 13.2. The molecule has 0 bridgehead atoms. The molecular formula is C17H15NO. The highest BCUT2D eigenvalue weighted by atomic mass is 16.5. The average Bonchev–Trinajstić information content (AvgIpc) is 2.43. The van der Waals surface area contributed by atoms with Crippen molar-refractivity contribution in [3.05, 3.63) is 66.3 Å². The molecule has 0 saturated heterocycles. The molecule has 19 heavy (non-hydrogen) atoms. The minimum atomic E-state index is 0.855. The molecule has 0 spiro atoms. The number of rotatable bonds is 2. The van der Waals surface area contributed by atoms with Crippen LogP contribution in [0.15, 0.2) is 55.1 Å². The first-order valence-corrected chi connectivity index (χ1v) is 6.25. The Kier molecular flexibility index (Phi) is 2.84. The Morgan fingerprint density at radius 3 is 2.89 bits per heavy atom. The van der Waals surface area contributed by atoms with Crippen LogP contribution >= 0.6 is 0 Å². The second-order valence-corrected chi connectivity index (χ2v) is 4.53. The van der Waals surface area contributed by atoms with Crippen LogP contribution in [0.25, 0.3) is 6.08 Å². The van der Waals surface area contributed by atoms with Crippen LogP contribution in [0.4, 0.5) is 11.4 Å². The summed E-state index contributed by atoms with van der Waals surface area (Å²) in [5.74, 6) is 1.76. The van der Waals surface area contributed by atoms with Crippen LogP contribution in [-0.4, -0.2) is 0 Å². The van der Waals surface area contributed by atoms with E-state index in [0.717, 1.165) is 34.0 Å². The van der Waals surface area contributed by atoms with Crippen LogP contribution in [0.1, 0.15) is 11.1 Å². The first-order valence-electron chi connectivity index (χ1n) is 6.25. The van der Waals surface area contributed by atoms with Gasteiger partial charge in [-0.15, -0.1) is 0 Å². The van der Waals surface area contributed by atoms with Crippen molar-refractivity contribution >= 4 is 17.5 Å². The van der Waals surface area contributed by atoms with Gasteiger partial charge in [0.2, 0.25) is 0 Å². The van der Waals surface area contributed by atoms with Crippen LogP contribution in [0.5, 0.6) is 11.5 Å². The van der Waals surface area contributed by atoms with Crippen molar-refractivity contribution in [1.82, 2.24) is 0 Å². The SMILES string of the molecule is C=C/C=C\c1ccc2c(c1)Oc1c(C)cccc1N2. The first-order chi connectivity index (χ1) is 9.28. The quantitative estimate of drug-likeness (QED) is 0.642. The molecule has 0 saturated carbocycles. The summed E-state index contributed by atoms with van der Waals surface area (Å²) in [6, 6.07) is 12.2. The summed E-state index contributed by atoms with van der Waals surface area (Å²) in [5, 5.41) is 3.40. The molecule has 2 heteroatoms. The maximum Gasteiger partial charge on any atom is 0.153 e. The number of hydrogen-bond acceptors (Lipinski definition) is 2. The second-order valence-electron chi connectivity index (χ2n) is 4.53. The van der Waals surface area contributed by atoms with Gasteiger partial charge in [0.1, 0.15) is 0 Å². The van der Waals surface area contributed by atoms with E-state index in [1.165, 1.54) is 0 Å². The summed E-state index contributed by atoms with van der Waals surface area (Å²) in [5.41, 5.74) is 4.23. The Hall–Kier alpha value is -2.48. The number of nitrogens with one attached hydrogen (secondary N) is 1. The predicted molar refractivity (Wildman–Crippen MR) is 80.2 cm³/mol. The first kappa shape index (κ1) is 11.6. The minimum absolute atomic E-state index is 0.855. The third-order valence-electron chi connectivity index (χ3n) is 3.12. The average molecular weight is 249 g/mol. The molecule has 0 amide bonds. The summed E-state index contributed by atoms with van der Waals surface area (Å²) in [6.45, 7) is 5.72. The lowest BCUT2D eigenvalue weighted by atomic mass is 10.1. The third-order valence-corrected chi connectivity index (χ3v) is 3.12. The number of para-hydroxylation sites is 1. The molecule has 2 nitrogen and oxygen atoms in total. The van der Waals surface area contributed by atoms with E-state index >= 15 is 0 Å². The van der Waals surface area contributed by atoms with Crippen LogP contribution in [-0.2, 0) is 0 Å². The van der Waals surface area contributed by atoms with Crippen molar-refractivity contribution in [1.29, 1.82) is 0 Å². The molecule has 1 aliphatic heterocycles. The van der Waals surface area contributed by atoms with Gasteiger partial charge in [0.25, 0.3) is 0 Å². The summed E-state index contributed by atoms with van der Waals surface area (Å²) in [4.78, 5) is 0. The lowest BCUT2D eigenvalue weighted by Gasteiger charge is -2.23. The zero-order valence-electron chi connectivity index (χ0n) is 10.8. The molecule has 2 aromatic rings. The van der Waals surface area contributed by atoms with Crippen molar-refractivity contribution in [2.75, 3.05) is 5.32 Å². The number of benzene rings is 2. The molecule has 0 unspecified atom stereocenters. The monoisotopic (exact) mass is 249 g/mol. The Morgan fingerprint density at radius 1 is 1.16 bits per heavy atom. The van der Waals surface area contributed by atoms with E-state index in [1.807, 2.05) is 49.4 Å². The molecule has 0 atom stereocenters. The van der Waals surface area contributed by atoms with Gasteiger partial charge in [0.05, 0.1) is 11.4 Å². The molecule has 0 fully saturated rings. The van der Waals surface area contributed by atoms with Crippen LogP contribution in [0, 0.1) is 6.92 Å². The molecule has 1 aliphatic rings. The summed E-state index contributed by atoms with van der Waals surface area (Å²) >= 11 is 0. The molecule has 2 aromatic carbocycles. The van der Waals surface area contributed by atoms with Gasteiger partial charge in [-0.25, -0.2) is 0 Å². The molecule has 1 N–H and O–H groups in total. The molecule has 0 aliphatic carbocycles. The van der Waals surface area contributed by atoms with Crippen molar-refractivity contribution in [2.24, 2.45) is 0 Å². The number of fused-ring (bicyclic) bond motifs is 2. The van der Waals surface area contributed by atoms with E-state index in [0.29, 0.717) is 0 Å². The number of allylic oxidation sites excluding steroid dienone is 2. The van der Waals surface area contributed by atoms with E-state index in [2.05, 4.69) is 18.0 Å². The van der Waals surface area contributed by atoms with Gasteiger partial charge in [-0.05, 0) is 36.2 Å². The van der Waals surface area contributed by atoms with Crippen LogP contribution in [0.3, 0.4) is 0 Å². The summed E-state index contributed by atoms with van der Waals surface area (Å²) in [6.07, 6.45) is 5.68. The Labute approximate surface area is 113 Å². The van der Waals surface area contributed by atoms with Crippen molar-refractivity contribution in [3.63, 3.8) is 0 Å². The molecule has 3 rings (SSSR count). The van der Waals surface area contributed by atoms with Crippen molar-refractivity contribution < 1.29 is 4.74 Å². The second kappa shape index (κ2) is 4.65. The molecule has 0 radical (unpaired) electrons. The van der Waals surface area contributed by atoms with E-state index in [4.69, 9.17) is 4.74 Å². The van der Waals surface area contributed by atoms with Crippen molar-refractivity contribution in [3.8, 4) is 11.5 Å². The van der Waals surface area contributed by atoms with E-state index in [9.17, 15) is 0 Å². The predicted octanol–water partition coefficient (Wildman–Crippen LogP) is 5.04. The molecule has 1 heterocycles. The van der Waals surface area contributed by atoms with Gasteiger partial charge in [0.15, 0.2) is 11.5 Å². The normalized spacial score (nSPS) is 12.3. The third kappa shape index (κ3) is 2.13. The summed E-state index contributed by atoms with van der Waals surface area (Å²) in [7, 11) is 0. The Bertz CT molecular complexity index is 671. The largest absolute Gasteiger partial charge is 0.453 e. The number of ether oxygens (including phenoxy) is 1. The van der Waals surface area contributed by atoms with E-state index in [1.54, 1.807) is 6.08 Å². The lowest BCUT2D eigenvalue weighted by Crippen LogP contribution is -2.04. The number of aryl methyl sites for hydroxylation is 1. The molecule has 94 valence electrons. The highest BCUT2D eigenvalue weighted by molar-refractivity contribution is 5.78. The minimum Gasteiger partial charge on any atom is -0.453 e. The lowest BCUT2D eigenvalue weighted by molar-refractivity contribution is 0.477. The van der Waals surface area contributed by atoms with E-state index < -0.39 is 0 Å². The highest BCUT2D eigenvalue weighted by Gasteiger charge is 2.17. The fourth-order valence-electron chi connectivity index (χ4n) is 2.15. The van der Waals surface area contributed by atoms with Gasteiger partial charge in [-0.3, -0.25) is 0 Å². The van der Waals surface area contributed by atoms with Gasteiger partial charge >= 0.3 is 0 Å². The fraction of sp³-hybridized carbons (Fsp3) is 0.0588. The molecular weight excluding hydrogens is 234 g/mol. The van der Waals surface area contributed by atoms with Gasteiger partial charge < -0.3 is 10.1 Å². The Morgan fingerprint density at radius 2 is 2.05 bits per heavy atom. The topological polar surface area (TPSA) is 21.3 Å². The van der Waals surface area contributed by atoms with E-state index in [-0.39, 0.29) is 0 Å². The summed E-state index contributed by atoms with van der Waals surface area (Å²) < 4.78 is 6.01.